The molecule has 0 bridgehead atoms. The fourth-order valence-corrected chi connectivity index (χ4v) is 4.85. The van der Waals surface area contributed by atoms with Crippen LogP contribution < -0.4 is 14.9 Å². The number of aromatic nitrogens is 4. The van der Waals surface area contributed by atoms with E-state index in [1.165, 1.54) is 6.07 Å². The first kappa shape index (κ1) is 19.9. The SMILES string of the molecule is Cc1nc(NCCNS(=O)(=O)c2cccc3nsnc23)cc(N2CCOCC2)n1. The van der Waals surface area contributed by atoms with Gasteiger partial charge < -0.3 is 15.0 Å². The van der Waals surface area contributed by atoms with Crippen LogP contribution in [0.3, 0.4) is 0 Å². The van der Waals surface area contributed by atoms with E-state index in [9.17, 15) is 8.42 Å². The molecule has 3 heterocycles. The number of anilines is 2. The van der Waals surface area contributed by atoms with Crippen LogP contribution in [0.5, 0.6) is 0 Å². The third-order valence-electron chi connectivity index (χ3n) is 4.42. The van der Waals surface area contributed by atoms with E-state index in [2.05, 4.69) is 33.7 Å². The lowest BCUT2D eigenvalue weighted by atomic mass is 10.3. The molecular formula is C17H21N7O3S2. The Morgan fingerprint density at radius 2 is 2.00 bits per heavy atom. The van der Waals surface area contributed by atoms with Crippen molar-refractivity contribution in [3.8, 4) is 0 Å². The monoisotopic (exact) mass is 435 g/mol. The fraction of sp³-hybridized carbons (Fsp3) is 0.412. The molecule has 1 fully saturated rings. The second-order valence-corrected chi connectivity index (χ2v) is 8.73. The van der Waals surface area contributed by atoms with E-state index in [0.717, 1.165) is 30.6 Å². The minimum Gasteiger partial charge on any atom is -0.378 e. The minimum absolute atomic E-state index is 0.135. The highest BCUT2D eigenvalue weighted by Crippen LogP contribution is 2.21. The smallest absolute Gasteiger partial charge is 0.242 e. The normalized spacial score (nSPS) is 15.0. The third-order valence-corrected chi connectivity index (χ3v) is 6.46. The Bertz CT molecular complexity index is 1100. The van der Waals surface area contributed by atoms with Crippen molar-refractivity contribution in [3.63, 3.8) is 0 Å². The van der Waals surface area contributed by atoms with Crippen LogP contribution in [0.4, 0.5) is 11.6 Å². The molecule has 4 rings (SSSR count). The van der Waals surface area contributed by atoms with E-state index in [1.54, 1.807) is 12.1 Å². The third kappa shape index (κ3) is 4.61. The number of aryl methyl sites for hydroxylation is 1. The summed E-state index contributed by atoms with van der Waals surface area (Å²) in [6.45, 7) is 5.33. The molecule has 2 aromatic heterocycles. The largest absolute Gasteiger partial charge is 0.378 e. The van der Waals surface area contributed by atoms with Crippen molar-refractivity contribution in [1.29, 1.82) is 0 Å². The molecule has 12 heteroatoms. The van der Waals surface area contributed by atoms with E-state index in [0.29, 0.717) is 42.4 Å². The van der Waals surface area contributed by atoms with Crippen molar-refractivity contribution in [3.05, 3.63) is 30.1 Å². The van der Waals surface area contributed by atoms with Crippen LogP contribution in [0.2, 0.25) is 0 Å². The molecule has 2 N–H and O–H groups in total. The summed E-state index contributed by atoms with van der Waals surface area (Å²) < 4.78 is 41.4. The minimum atomic E-state index is -3.69. The summed E-state index contributed by atoms with van der Waals surface area (Å²) in [5, 5.41) is 3.16. The van der Waals surface area contributed by atoms with Gasteiger partial charge in [-0.05, 0) is 19.1 Å². The van der Waals surface area contributed by atoms with Gasteiger partial charge in [0.2, 0.25) is 10.0 Å². The van der Waals surface area contributed by atoms with Crippen LogP contribution in [-0.2, 0) is 14.8 Å². The van der Waals surface area contributed by atoms with Crippen molar-refractivity contribution in [2.24, 2.45) is 0 Å². The zero-order chi connectivity index (χ0) is 20.3. The number of hydrogen-bond acceptors (Lipinski definition) is 10. The van der Waals surface area contributed by atoms with Crippen LogP contribution >= 0.6 is 11.7 Å². The topological polar surface area (TPSA) is 122 Å². The maximum atomic E-state index is 12.6. The summed E-state index contributed by atoms with van der Waals surface area (Å²) in [5.41, 5.74) is 0.961. The molecule has 29 heavy (non-hydrogen) atoms. The Morgan fingerprint density at radius 3 is 2.83 bits per heavy atom. The molecule has 0 spiro atoms. The number of morpholine rings is 1. The highest BCUT2D eigenvalue weighted by atomic mass is 32.2. The Morgan fingerprint density at radius 1 is 1.17 bits per heavy atom. The molecule has 0 aliphatic carbocycles. The zero-order valence-corrected chi connectivity index (χ0v) is 17.5. The van der Waals surface area contributed by atoms with E-state index >= 15 is 0 Å². The standard InChI is InChI=1S/C17H21N7O3S2/c1-12-20-15(11-16(21-12)24-7-9-27-10-8-24)18-5-6-19-29(25,26)14-4-2-3-13-17(14)23-28-22-13/h2-4,11,19H,5-10H2,1H3,(H,18,20,21). The Labute approximate surface area is 172 Å². The van der Waals surface area contributed by atoms with Crippen LogP contribution in [0, 0.1) is 6.92 Å². The van der Waals surface area contributed by atoms with E-state index in [-0.39, 0.29) is 11.4 Å². The van der Waals surface area contributed by atoms with Crippen molar-refractivity contribution >= 4 is 44.4 Å². The van der Waals surface area contributed by atoms with Crippen molar-refractivity contribution in [2.45, 2.75) is 11.8 Å². The van der Waals surface area contributed by atoms with Gasteiger partial charge >= 0.3 is 0 Å². The maximum absolute atomic E-state index is 12.6. The van der Waals surface area contributed by atoms with Gasteiger partial charge in [0.25, 0.3) is 0 Å². The molecule has 0 saturated carbocycles. The van der Waals surface area contributed by atoms with E-state index < -0.39 is 10.0 Å². The first-order valence-electron chi connectivity index (χ1n) is 9.16. The lowest BCUT2D eigenvalue weighted by Gasteiger charge is -2.28. The quantitative estimate of drug-likeness (QED) is 0.524. The number of benzene rings is 1. The van der Waals surface area contributed by atoms with Gasteiger partial charge in [0.15, 0.2) is 0 Å². The first-order chi connectivity index (χ1) is 14.0. The predicted octanol–water partition coefficient (Wildman–Crippen LogP) is 1.02. The highest BCUT2D eigenvalue weighted by molar-refractivity contribution is 7.89. The molecular weight excluding hydrogens is 414 g/mol. The Hall–Kier alpha value is -2.41. The average Bonchev–Trinajstić information content (AvgIpc) is 3.20. The summed E-state index contributed by atoms with van der Waals surface area (Å²) in [6, 6.07) is 6.80. The molecule has 154 valence electrons. The number of nitrogens with zero attached hydrogens (tertiary/aromatic N) is 5. The molecule has 10 nitrogen and oxygen atoms in total. The van der Waals surface area contributed by atoms with Crippen LogP contribution in [-0.4, -0.2) is 66.5 Å². The Balaban J connectivity index is 1.38. The predicted molar refractivity (Wildman–Crippen MR) is 111 cm³/mol. The summed E-state index contributed by atoms with van der Waals surface area (Å²) >= 11 is 0.993. The first-order valence-corrected chi connectivity index (χ1v) is 11.4. The average molecular weight is 436 g/mol. The van der Waals surface area contributed by atoms with Gasteiger partial charge in [-0.25, -0.2) is 23.1 Å². The van der Waals surface area contributed by atoms with Crippen LogP contribution in [0.1, 0.15) is 5.82 Å². The zero-order valence-electron chi connectivity index (χ0n) is 15.8. The van der Waals surface area contributed by atoms with Gasteiger partial charge in [-0.3, -0.25) is 0 Å². The Kier molecular flexibility index (Phi) is 5.85. The number of rotatable bonds is 7. The van der Waals surface area contributed by atoms with Crippen molar-refractivity contribution in [2.75, 3.05) is 49.6 Å². The molecule has 0 amide bonds. The molecule has 1 aliphatic heterocycles. The lowest BCUT2D eigenvalue weighted by Crippen LogP contribution is -2.37. The molecule has 0 atom stereocenters. The molecule has 0 radical (unpaired) electrons. The maximum Gasteiger partial charge on any atom is 0.242 e. The summed E-state index contributed by atoms with van der Waals surface area (Å²) in [5.74, 6) is 2.15. The van der Waals surface area contributed by atoms with Crippen LogP contribution in [0.15, 0.2) is 29.2 Å². The number of ether oxygens (including phenoxy) is 1. The number of hydrogen-bond donors (Lipinski definition) is 2. The molecule has 1 saturated heterocycles. The van der Waals surface area contributed by atoms with Gasteiger partial charge in [0, 0.05) is 32.2 Å². The number of fused-ring (bicyclic) bond motifs is 1. The molecule has 3 aromatic rings. The van der Waals surface area contributed by atoms with Gasteiger partial charge in [-0.1, -0.05) is 6.07 Å². The van der Waals surface area contributed by atoms with E-state index in [1.807, 2.05) is 13.0 Å². The van der Waals surface area contributed by atoms with Gasteiger partial charge in [0.05, 0.1) is 24.9 Å². The molecule has 0 unspecified atom stereocenters. The van der Waals surface area contributed by atoms with Crippen LogP contribution in [0.25, 0.3) is 11.0 Å². The summed E-state index contributed by atoms with van der Waals surface area (Å²) in [6.07, 6.45) is 0. The van der Waals surface area contributed by atoms with Gasteiger partial charge in [-0.2, -0.15) is 8.75 Å². The summed E-state index contributed by atoms with van der Waals surface area (Å²) in [7, 11) is -3.69. The number of sulfonamides is 1. The lowest BCUT2D eigenvalue weighted by molar-refractivity contribution is 0.122. The van der Waals surface area contributed by atoms with E-state index in [4.69, 9.17) is 4.74 Å². The fourth-order valence-electron chi connectivity index (χ4n) is 3.05. The second-order valence-electron chi connectivity index (χ2n) is 6.47. The van der Waals surface area contributed by atoms with Crippen molar-refractivity contribution in [1.82, 2.24) is 23.4 Å². The number of nitrogens with one attached hydrogen (secondary N) is 2. The summed E-state index contributed by atoms with van der Waals surface area (Å²) in [4.78, 5) is 11.1. The second kappa shape index (κ2) is 8.53. The van der Waals surface area contributed by atoms with Crippen molar-refractivity contribution < 1.29 is 13.2 Å². The highest BCUT2D eigenvalue weighted by Gasteiger charge is 2.19. The van der Waals surface area contributed by atoms with Gasteiger partial charge in [-0.15, -0.1) is 0 Å². The molecule has 1 aliphatic rings. The molecule has 1 aromatic carbocycles. The van der Waals surface area contributed by atoms with Gasteiger partial charge in [0.1, 0.15) is 33.4 Å².